The minimum absolute atomic E-state index is 0.537. The summed E-state index contributed by atoms with van der Waals surface area (Å²) in [6, 6.07) is 7.67. The van der Waals surface area contributed by atoms with Gasteiger partial charge in [0.05, 0.1) is 12.8 Å². The third-order valence-corrected chi connectivity index (χ3v) is 2.44. The van der Waals surface area contributed by atoms with E-state index in [1.807, 2.05) is 24.3 Å². The van der Waals surface area contributed by atoms with E-state index in [0.29, 0.717) is 5.82 Å². The maximum Gasteiger partial charge on any atom is 0.125 e. The summed E-state index contributed by atoms with van der Waals surface area (Å²) in [7, 11) is 0. The third-order valence-electron chi connectivity index (χ3n) is 2.44. The number of rotatable bonds is 4. The fourth-order valence-electron chi connectivity index (χ4n) is 1.61. The van der Waals surface area contributed by atoms with E-state index in [4.69, 9.17) is 10.2 Å². The third kappa shape index (κ3) is 2.34. The molecule has 0 radical (unpaired) electrons. The van der Waals surface area contributed by atoms with E-state index in [2.05, 4.69) is 16.8 Å². The Morgan fingerprint density at radius 3 is 2.94 bits per heavy atom. The lowest BCUT2D eigenvalue weighted by atomic mass is 10.3. The molecule has 2 heterocycles. The molecule has 2 rings (SSSR count). The van der Waals surface area contributed by atoms with Gasteiger partial charge < -0.3 is 15.1 Å². The van der Waals surface area contributed by atoms with Gasteiger partial charge in [0.25, 0.3) is 0 Å². The van der Waals surface area contributed by atoms with Gasteiger partial charge in [-0.2, -0.15) is 0 Å². The molecule has 0 aliphatic carbocycles. The van der Waals surface area contributed by atoms with Gasteiger partial charge >= 0.3 is 0 Å². The molecular formula is C12H15N3O. The zero-order valence-electron chi connectivity index (χ0n) is 9.26. The van der Waals surface area contributed by atoms with Crippen molar-refractivity contribution in [2.24, 2.45) is 0 Å². The van der Waals surface area contributed by atoms with Gasteiger partial charge in [0, 0.05) is 24.5 Å². The molecule has 0 fully saturated rings. The van der Waals surface area contributed by atoms with Crippen LogP contribution >= 0.6 is 0 Å². The Labute approximate surface area is 94.7 Å². The van der Waals surface area contributed by atoms with Gasteiger partial charge in [-0.1, -0.05) is 0 Å². The molecule has 2 aromatic heterocycles. The summed E-state index contributed by atoms with van der Waals surface area (Å²) in [6.07, 6.45) is 3.40. The summed E-state index contributed by atoms with van der Waals surface area (Å²) in [5.74, 6) is 1.48. The van der Waals surface area contributed by atoms with Crippen molar-refractivity contribution in [3.63, 3.8) is 0 Å². The number of hydrogen-bond donors (Lipinski definition) is 1. The number of nitrogens with zero attached hydrogens (tertiary/aromatic N) is 2. The monoisotopic (exact) mass is 217 g/mol. The second-order valence-corrected chi connectivity index (χ2v) is 3.53. The van der Waals surface area contributed by atoms with E-state index in [0.717, 1.165) is 24.5 Å². The standard InChI is InChI=1S/C12H15N3O/c1-2-15(9-11-4-3-7-16-11)10-5-6-14-12(13)8-10/h3-8H,2,9H2,1H3,(H2,13,14). The first-order valence-electron chi connectivity index (χ1n) is 5.28. The molecular weight excluding hydrogens is 202 g/mol. The normalized spacial score (nSPS) is 10.3. The van der Waals surface area contributed by atoms with Crippen molar-refractivity contribution in [1.29, 1.82) is 0 Å². The van der Waals surface area contributed by atoms with E-state index < -0.39 is 0 Å². The molecule has 4 nitrogen and oxygen atoms in total. The molecule has 0 saturated carbocycles. The highest BCUT2D eigenvalue weighted by Crippen LogP contribution is 2.18. The number of furan rings is 1. The molecule has 0 aliphatic heterocycles. The van der Waals surface area contributed by atoms with Gasteiger partial charge in [0.15, 0.2) is 0 Å². The first-order valence-corrected chi connectivity index (χ1v) is 5.28. The van der Waals surface area contributed by atoms with Gasteiger partial charge in [-0.25, -0.2) is 4.98 Å². The Hall–Kier alpha value is -1.97. The summed E-state index contributed by atoms with van der Waals surface area (Å²) in [5, 5.41) is 0. The molecule has 2 aromatic rings. The minimum Gasteiger partial charge on any atom is -0.467 e. The first kappa shape index (κ1) is 10.5. The predicted molar refractivity (Wildman–Crippen MR) is 64.1 cm³/mol. The van der Waals surface area contributed by atoms with E-state index in [9.17, 15) is 0 Å². The smallest absolute Gasteiger partial charge is 0.125 e. The van der Waals surface area contributed by atoms with Crippen LogP contribution in [0.5, 0.6) is 0 Å². The van der Waals surface area contributed by atoms with Crippen LogP contribution in [0.1, 0.15) is 12.7 Å². The summed E-state index contributed by atoms with van der Waals surface area (Å²) in [5.41, 5.74) is 6.72. The topological polar surface area (TPSA) is 55.3 Å². The quantitative estimate of drug-likeness (QED) is 0.853. The van der Waals surface area contributed by atoms with Crippen LogP contribution in [0.4, 0.5) is 11.5 Å². The first-order chi connectivity index (χ1) is 7.79. The van der Waals surface area contributed by atoms with Crippen molar-refractivity contribution in [3.05, 3.63) is 42.5 Å². The summed E-state index contributed by atoms with van der Waals surface area (Å²) in [6.45, 7) is 3.73. The number of nitrogens with two attached hydrogens (primary N) is 1. The van der Waals surface area contributed by atoms with E-state index in [1.54, 1.807) is 12.5 Å². The number of anilines is 2. The lowest BCUT2D eigenvalue weighted by Gasteiger charge is -2.21. The second-order valence-electron chi connectivity index (χ2n) is 3.53. The molecule has 16 heavy (non-hydrogen) atoms. The fourth-order valence-corrected chi connectivity index (χ4v) is 1.61. The Kier molecular flexibility index (Phi) is 3.10. The molecule has 84 valence electrons. The Balaban J connectivity index is 2.16. The highest BCUT2D eigenvalue weighted by Gasteiger charge is 2.07. The van der Waals surface area contributed by atoms with Crippen molar-refractivity contribution < 1.29 is 4.42 Å². The second kappa shape index (κ2) is 4.70. The van der Waals surface area contributed by atoms with Crippen molar-refractivity contribution in [2.75, 3.05) is 17.2 Å². The molecule has 0 unspecified atom stereocenters. The van der Waals surface area contributed by atoms with Gasteiger partial charge in [-0.15, -0.1) is 0 Å². The molecule has 0 aliphatic rings. The van der Waals surface area contributed by atoms with Gasteiger partial charge in [-0.05, 0) is 25.1 Å². The number of hydrogen-bond acceptors (Lipinski definition) is 4. The summed E-state index contributed by atoms with van der Waals surface area (Å²) >= 11 is 0. The van der Waals surface area contributed by atoms with Crippen LogP contribution in [-0.4, -0.2) is 11.5 Å². The Morgan fingerprint density at radius 2 is 2.31 bits per heavy atom. The predicted octanol–water partition coefficient (Wildman–Crippen LogP) is 2.28. The highest BCUT2D eigenvalue weighted by molar-refractivity contribution is 5.51. The molecule has 0 amide bonds. The van der Waals surface area contributed by atoms with Gasteiger partial charge in [-0.3, -0.25) is 0 Å². The van der Waals surface area contributed by atoms with Crippen LogP contribution in [-0.2, 0) is 6.54 Å². The zero-order valence-corrected chi connectivity index (χ0v) is 9.26. The van der Waals surface area contributed by atoms with E-state index in [1.165, 1.54) is 0 Å². The maximum atomic E-state index is 5.66. The Bertz CT molecular complexity index is 439. The minimum atomic E-state index is 0.537. The number of pyridine rings is 1. The van der Waals surface area contributed by atoms with Crippen molar-refractivity contribution in [2.45, 2.75) is 13.5 Å². The molecule has 0 atom stereocenters. The SMILES string of the molecule is CCN(Cc1ccco1)c1ccnc(N)c1. The number of nitrogen functional groups attached to an aromatic ring is 1. The van der Waals surface area contributed by atoms with Crippen LogP contribution in [0.2, 0.25) is 0 Å². The van der Waals surface area contributed by atoms with Crippen LogP contribution in [0, 0.1) is 0 Å². The molecule has 2 N–H and O–H groups in total. The van der Waals surface area contributed by atoms with Crippen molar-refractivity contribution in [1.82, 2.24) is 4.98 Å². The van der Waals surface area contributed by atoms with E-state index >= 15 is 0 Å². The molecule has 0 spiro atoms. The van der Waals surface area contributed by atoms with Crippen LogP contribution < -0.4 is 10.6 Å². The lowest BCUT2D eigenvalue weighted by molar-refractivity contribution is 0.503. The molecule has 0 aromatic carbocycles. The summed E-state index contributed by atoms with van der Waals surface area (Å²) in [4.78, 5) is 6.16. The highest BCUT2D eigenvalue weighted by atomic mass is 16.3. The lowest BCUT2D eigenvalue weighted by Crippen LogP contribution is -2.21. The van der Waals surface area contributed by atoms with Crippen LogP contribution in [0.25, 0.3) is 0 Å². The maximum absolute atomic E-state index is 5.66. The number of aromatic nitrogens is 1. The van der Waals surface area contributed by atoms with Crippen molar-refractivity contribution >= 4 is 11.5 Å². The van der Waals surface area contributed by atoms with Crippen molar-refractivity contribution in [3.8, 4) is 0 Å². The molecule has 4 heteroatoms. The zero-order chi connectivity index (χ0) is 11.4. The van der Waals surface area contributed by atoms with Gasteiger partial charge in [0.2, 0.25) is 0 Å². The largest absolute Gasteiger partial charge is 0.467 e. The summed E-state index contributed by atoms with van der Waals surface area (Å²) < 4.78 is 5.33. The average Bonchev–Trinajstić information content (AvgIpc) is 2.78. The van der Waals surface area contributed by atoms with Crippen LogP contribution in [0.3, 0.4) is 0 Å². The fraction of sp³-hybridized carbons (Fsp3) is 0.250. The Morgan fingerprint density at radius 1 is 1.44 bits per heavy atom. The van der Waals surface area contributed by atoms with Crippen LogP contribution in [0.15, 0.2) is 41.1 Å². The average molecular weight is 217 g/mol. The van der Waals surface area contributed by atoms with E-state index in [-0.39, 0.29) is 0 Å². The molecule has 0 bridgehead atoms. The molecule has 0 saturated heterocycles. The van der Waals surface area contributed by atoms with Gasteiger partial charge in [0.1, 0.15) is 11.6 Å².